The summed E-state index contributed by atoms with van der Waals surface area (Å²) in [5, 5.41) is 8.89. The molecule has 10 heavy (non-hydrogen) atoms. The Morgan fingerprint density at radius 3 is 2.50 bits per heavy atom. The third-order valence-corrected chi connectivity index (χ3v) is 2.73. The van der Waals surface area contributed by atoms with Crippen LogP contribution in [-0.2, 0) is 0 Å². The molecule has 0 aromatic carbocycles. The molecule has 0 aliphatic heterocycles. The summed E-state index contributed by atoms with van der Waals surface area (Å²) < 4.78 is 0. The van der Waals surface area contributed by atoms with Crippen molar-refractivity contribution < 1.29 is 5.11 Å². The number of rotatable bonds is 4. The van der Waals surface area contributed by atoms with Gasteiger partial charge in [0, 0.05) is 6.61 Å². The normalized spacial score (nSPS) is 22.2. The quantitative estimate of drug-likeness (QED) is 0.638. The molecule has 1 fully saturated rings. The molecule has 1 atom stereocenters. The molecule has 0 unspecified atom stereocenters. The van der Waals surface area contributed by atoms with Crippen LogP contribution in [0.5, 0.6) is 0 Å². The maximum Gasteiger partial charge on any atom is 0.0459 e. The zero-order chi connectivity index (χ0) is 7.40. The van der Waals surface area contributed by atoms with Gasteiger partial charge in [-0.25, -0.2) is 0 Å². The van der Waals surface area contributed by atoms with Crippen molar-refractivity contribution in [2.45, 2.75) is 39.0 Å². The Labute approximate surface area is 63.4 Å². The van der Waals surface area contributed by atoms with Gasteiger partial charge in [0.1, 0.15) is 0 Å². The molecule has 1 aliphatic rings. The van der Waals surface area contributed by atoms with E-state index in [1.165, 1.54) is 25.7 Å². The van der Waals surface area contributed by atoms with Gasteiger partial charge >= 0.3 is 0 Å². The highest BCUT2D eigenvalue weighted by Gasteiger charge is 2.20. The van der Waals surface area contributed by atoms with Gasteiger partial charge < -0.3 is 5.11 Å². The molecular weight excluding hydrogens is 124 g/mol. The lowest BCUT2D eigenvalue weighted by Gasteiger charge is -2.28. The summed E-state index contributed by atoms with van der Waals surface area (Å²) >= 11 is 0. The second kappa shape index (κ2) is 3.97. The smallest absolute Gasteiger partial charge is 0.0459 e. The summed E-state index contributed by atoms with van der Waals surface area (Å²) in [7, 11) is 0. The second-order valence-electron chi connectivity index (χ2n) is 3.49. The summed E-state index contributed by atoms with van der Waals surface area (Å²) in [5.74, 6) is 1.54. The highest BCUT2D eigenvalue weighted by Crippen LogP contribution is 2.32. The van der Waals surface area contributed by atoms with Crippen molar-refractivity contribution in [2.75, 3.05) is 6.61 Å². The van der Waals surface area contributed by atoms with Crippen LogP contribution in [0.2, 0.25) is 0 Å². The van der Waals surface area contributed by atoms with Crippen LogP contribution in [0.15, 0.2) is 0 Å². The van der Waals surface area contributed by atoms with E-state index in [0.717, 1.165) is 12.3 Å². The lowest BCUT2D eigenvalue weighted by atomic mass is 9.78. The molecule has 0 aromatic rings. The fourth-order valence-electron chi connectivity index (χ4n) is 1.57. The second-order valence-corrected chi connectivity index (χ2v) is 3.49. The van der Waals surface area contributed by atoms with Gasteiger partial charge in [0.15, 0.2) is 0 Å². The summed E-state index contributed by atoms with van der Waals surface area (Å²) in [5.41, 5.74) is 0. The number of aliphatic hydroxyl groups is 1. The average molecular weight is 142 g/mol. The van der Waals surface area contributed by atoms with Crippen LogP contribution < -0.4 is 0 Å². The van der Waals surface area contributed by atoms with Crippen molar-refractivity contribution in [3.63, 3.8) is 0 Å². The molecule has 1 saturated carbocycles. The van der Waals surface area contributed by atoms with E-state index in [-0.39, 0.29) is 0 Å². The Morgan fingerprint density at radius 1 is 1.50 bits per heavy atom. The SMILES string of the molecule is CC[C@@H](CO)CC1CCC1. The maximum absolute atomic E-state index is 8.89. The van der Waals surface area contributed by atoms with Gasteiger partial charge in [0.2, 0.25) is 0 Å². The number of hydrogen-bond acceptors (Lipinski definition) is 1. The molecule has 0 radical (unpaired) electrons. The van der Waals surface area contributed by atoms with Crippen molar-refractivity contribution in [2.24, 2.45) is 11.8 Å². The minimum absolute atomic E-state index is 0.396. The molecular formula is C9H18O. The first-order valence-electron chi connectivity index (χ1n) is 4.47. The van der Waals surface area contributed by atoms with Gasteiger partial charge in [-0.1, -0.05) is 32.6 Å². The van der Waals surface area contributed by atoms with E-state index in [0.29, 0.717) is 12.5 Å². The van der Waals surface area contributed by atoms with Crippen LogP contribution in [-0.4, -0.2) is 11.7 Å². The molecule has 1 nitrogen and oxygen atoms in total. The monoisotopic (exact) mass is 142 g/mol. The van der Waals surface area contributed by atoms with Crippen molar-refractivity contribution in [3.05, 3.63) is 0 Å². The Hall–Kier alpha value is -0.0400. The molecule has 0 heterocycles. The highest BCUT2D eigenvalue weighted by molar-refractivity contribution is 4.72. The van der Waals surface area contributed by atoms with Crippen LogP contribution in [0.3, 0.4) is 0 Å². The topological polar surface area (TPSA) is 20.2 Å². The molecule has 60 valence electrons. The van der Waals surface area contributed by atoms with Crippen LogP contribution in [0, 0.1) is 11.8 Å². The van der Waals surface area contributed by atoms with Crippen LogP contribution >= 0.6 is 0 Å². The first-order chi connectivity index (χ1) is 4.86. The molecule has 1 aliphatic carbocycles. The van der Waals surface area contributed by atoms with Crippen molar-refractivity contribution in [1.82, 2.24) is 0 Å². The first-order valence-corrected chi connectivity index (χ1v) is 4.47. The van der Waals surface area contributed by atoms with E-state index in [1.54, 1.807) is 0 Å². The molecule has 0 aromatic heterocycles. The predicted octanol–water partition coefficient (Wildman–Crippen LogP) is 2.20. The third-order valence-electron chi connectivity index (χ3n) is 2.73. The van der Waals surface area contributed by atoms with Gasteiger partial charge in [-0.2, -0.15) is 0 Å². The Balaban J connectivity index is 2.08. The Kier molecular flexibility index (Phi) is 3.20. The van der Waals surface area contributed by atoms with Gasteiger partial charge in [0.25, 0.3) is 0 Å². The lowest BCUT2D eigenvalue weighted by molar-refractivity contribution is 0.167. The summed E-state index contributed by atoms with van der Waals surface area (Å²) in [4.78, 5) is 0. The molecule has 1 heteroatoms. The van der Waals surface area contributed by atoms with E-state index in [4.69, 9.17) is 5.11 Å². The van der Waals surface area contributed by atoms with Crippen LogP contribution in [0.4, 0.5) is 0 Å². The highest BCUT2D eigenvalue weighted by atomic mass is 16.3. The summed E-state index contributed by atoms with van der Waals surface area (Å²) in [6.07, 6.45) is 6.67. The van der Waals surface area contributed by atoms with Crippen LogP contribution in [0.25, 0.3) is 0 Å². The van der Waals surface area contributed by atoms with Crippen molar-refractivity contribution in [3.8, 4) is 0 Å². The van der Waals surface area contributed by atoms with E-state index in [2.05, 4.69) is 6.92 Å². The molecule has 0 saturated heterocycles. The van der Waals surface area contributed by atoms with Gasteiger partial charge in [-0.05, 0) is 18.3 Å². The van der Waals surface area contributed by atoms with Gasteiger partial charge in [0.05, 0.1) is 0 Å². The minimum Gasteiger partial charge on any atom is -0.396 e. The van der Waals surface area contributed by atoms with E-state index >= 15 is 0 Å². The standard InChI is InChI=1S/C9H18O/c1-2-8(7-10)6-9-4-3-5-9/h8-10H,2-7H2,1H3/t8-/m1/s1. The Morgan fingerprint density at radius 2 is 2.20 bits per heavy atom. The Bertz CT molecular complexity index is 82.7. The third kappa shape index (κ3) is 1.98. The lowest BCUT2D eigenvalue weighted by Crippen LogP contribution is -2.17. The largest absolute Gasteiger partial charge is 0.396 e. The van der Waals surface area contributed by atoms with E-state index in [1.807, 2.05) is 0 Å². The average Bonchev–Trinajstić information content (AvgIpc) is 1.87. The van der Waals surface area contributed by atoms with E-state index < -0.39 is 0 Å². The van der Waals surface area contributed by atoms with Gasteiger partial charge in [-0.3, -0.25) is 0 Å². The molecule has 1 N–H and O–H groups in total. The molecule has 0 amide bonds. The fraction of sp³-hybridized carbons (Fsp3) is 1.00. The number of aliphatic hydroxyl groups excluding tert-OH is 1. The molecule has 0 bridgehead atoms. The molecule has 0 spiro atoms. The number of hydrogen-bond donors (Lipinski definition) is 1. The predicted molar refractivity (Wildman–Crippen MR) is 42.8 cm³/mol. The van der Waals surface area contributed by atoms with Gasteiger partial charge in [-0.15, -0.1) is 0 Å². The van der Waals surface area contributed by atoms with Crippen molar-refractivity contribution in [1.29, 1.82) is 0 Å². The van der Waals surface area contributed by atoms with Crippen LogP contribution in [0.1, 0.15) is 39.0 Å². The van der Waals surface area contributed by atoms with Crippen molar-refractivity contribution >= 4 is 0 Å². The summed E-state index contributed by atoms with van der Waals surface area (Å²) in [6.45, 7) is 2.56. The summed E-state index contributed by atoms with van der Waals surface area (Å²) in [6, 6.07) is 0. The van der Waals surface area contributed by atoms with E-state index in [9.17, 15) is 0 Å². The first kappa shape index (κ1) is 8.06. The molecule has 1 rings (SSSR count). The maximum atomic E-state index is 8.89. The fourth-order valence-corrected chi connectivity index (χ4v) is 1.57. The zero-order valence-corrected chi connectivity index (χ0v) is 6.84. The zero-order valence-electron chi connectivity index (χ0n) is 6.84. The minimum atomic E-state index is 0.396.